The fourth-order valence-electron chi connectivity index (χ4n) is 3.29. The average molecular weight is 372 g/mol. The van der Waals surface area contributed by atoms with E-state index in [1.54, 1.807) is 26.5 Å². The molecule has 2 N–H and O–H groups in total. The first-order valence-electron chi connectivity index (χ1n) is 8.89. The van der Waals surface area contributed by atoms with Gasteiger partial charge in [-0.05, 0) is 25.0 Å². The van der Waals surface area contributed by atoms with Crippen LogP contribution < -0.4 is 25.2 Å². The lowest BCUT2D eigenvalue weighted by Crippen LogP contribution is -2.43. The van der Waals surface area contributed by atoms with E-state index < -0.39 is 0 Å². The third kappa shape index (κ3) is 4.58. The number of hydrogen-bond acceptors (Lipinski definition) is 6. The van der Waals surface area contributed by atoms with Gasteiger partial charge < -0.3 is 19.7 Å². The Balaban J connectivity index is 1.62. The first-order valence-corrected chi connectivity index (χ1v) is 8.89. The summed E-state index contributed by atoms with van der Waals surface area (Å²) in [5.74, 6) is 1.24. The van der Waals surface area contributed by atoms with Gasteiger partial charge in [-0.15, -0.1) is 0 Å². The van der Waals surface area contributed by atoms with E-state index in [0.29, 0.717) is 24.6 Å². The van der Waals surface area contributed by atoms with Crippen molar-refractivity contribution in [2.45, 2.75) is 19.4 Å². The molecule has 1 aliphatic heterocycles. The molecular formula is C19H24N4O4. The van der Waals surface area contributed by atoms with Gasteiger partial charge in [0.15, 0.2) is 0 Å². The molecule has 1 aliphatic rings. The van der Waals surface area contributed by atoms with Crippen molar-refractivity contribution in [3.05, 3.63) is 46.4 Å². The van der Waals surface area contributed by atoms with E-state index in [4.69, 9.17) is 9.47 Å². The molecule has 1 amide bonds. The molecule has 0 unspecified atom stereocenters. The Labute approximate surface area is 157 Å². The molecule has 0 radical (unpaired) electrons. The topological polar surface area (TPSA) is 96.5 Å². The zero-order valence-corrected chi connectivity index (χ0v) is 15.5. The summed E-state index contributed by atoms with van der Waals surface area (Å²) < 4.78 is 10.6. The maximum absolute atomic E-state index is 12.7. The van der Waals surface area contributed by atoms with Gasteiger partial charge in [0.2, 0.25) is 5.91 Å². The second kappa shape index (κ2) is 8.57. The molecule has 1 fully saturated rings. The third-order valence-electron chi connectivity index (χ3n) is 4.76. The van der Waals surface area contributed by atoms with Crippen LogP contribution in [0, 0.1) is 5.92 Å². The Bertz CT molecular complexity index is 852. The summed E-state index contributed by atoms with van der Waals surface area (Å²) in [6.07, 6.45) is 3.32. The van der Waals surface area contributed by atoms with Gasteiger partial charge in [-0.25, -0.2) is 5.10 Å². The number of nitrogens with zero attached hydrogens (tertiary/aromatic N) is 2. The summed E-state index contributed by atoms with van der Waals surface area (Å²) in [7, 11) is 3.19. The third-order valence-corrected chi connectivity index (χ3v) is 4.76. The summed E-state index contributed by atoms with van der Waals surface area (Å²) in [6, 6.07) is 7.03. The average Bonchev–Trinajstić information content (AvgIpc) is 2.72. The first kappa shape index (κ1) is 18.8. The maximum Gasteiger partial charge on any atom is 0.266 e. The summed E-state index contributed by atoms with van der Waals surface area (Å²) >= 11 is 0. The highest BCUT2D eigenvalue weighted by Crippen LogP contribution is 2.25. The summed E-state index contributed by atoms with van der Waals surface area (Å²) in [6.45, 7) is 1.76. The van der Waals surface area contributed by atoms with Gasteiger partial charge in [0.25, 0.3) is 5.56 Å². The fourth-order valence-corrected chi connectivity index (χ4v) is 3.29. The minimum absolute atomic E-state index is 0.00429. The van der Waals surface area contributed by atoms with Crippen molar-refractivity contribution in [3.8, 4) is 11.5 Å². The molecule has 0 spiro atoms. The van der Waals surface area contributed by atoms with Crippen LogP contribution in [0.4, 0.5) is 5.69 Å². The van der Waals surface area contributed by atoms with Crippen LogP contribution in [0.25, 0.3) is 0 Å². The molecule has 3 rings (SSSR count). The largest absolute Gasteiger partial charge is 0.497 e. The van der Waals surface area contributed by atoms with Crippen molar-refractivity contribution in [2.24, 2.45) is 5.92 Å². The SMILES string of the molecule is COc1ccc(CNC(=O)[C@H]2CCCN(c3cn[nH]c(=O)c3)C2)c(OC)c1. The number of H-pyrrole nitrogens is 1. The van der Waals surface area contributed by atoms with Crippen LogP contribution in [-0.4, -0.2) is 43.4 Å². The molecule has 2 heterocycles. The van der Waals surface area contributed by atoms with Gasteiger partial charge in [-0.2, -0.15) is 5.10 Å². The number of carbonyl (C=O) groups excluding carboxylic acids is 1. The van der Waals surface area contributed by atoms with Crippen LogP contribution in [-0.2, 0) is 11.3 Å². The van der Waals surface area contributed by atoms with Crippen molar-refractivity contribution in [1.29, 1.82) is 0 Å². The molecule has 0 bridgehead atoms. The normalized spacial score (nSPS) is 16.7. The number of carbonyl (C=O) groups is 1. The quantitative estimate of drug-likeness (QED) is 0.794. The van der Waals surface area contributed by atoms with Crippen molar-refractivity contribution in [1.82, 2.24) is 15.5 Å². The number of anilines is 1. The minimum Gasteiger partial charge on any atom is -0.497 e. The predicted molar refractivity (Wildman–Crippen MR) is 101 cm³/mol. The number of benzene rings is 1. The number of methoxy groups -OCH3 is 2. The predicted octanol–water partition coefficient (Wildman–Crippen LogP) is 1.32. The molecule has 2 aromatic rings. The van der Waals surface area contributed by atoms with Gasteiger partial charge in [0, 0.05) is 37.3 Å². The van der Waals surface area contributed by atoms with Crippen LogP contribution in [0.1, 0.15) is 18.4 Å². The second-order valence-electron chi connectivity index (χ2n) is 6.48. The summed E-state index contributed by atoms with van der Waals surface area (Å²) in [5, 5.41) is 9.20. The Morgan fingerprint density at radius 3 is 2.93 bits per heavy atom. The fraction of sp³-hybridized carbons (Fsp3) is 0.421. The smallest absolute Gasteiger partial charge is 0.266 e. The molecule has 1 atom stereocenters. The molecular weight excluding hydrogens is 348 g/mol. The molecule has 1 saturated heterocycles. The van der Waals surface area contributed by atoms with E-state index in [2.05, 4.69) is 15.5 Å². The van der Waals surface area contributed by atoms with E-state index in [-0.39, 0.29) is 17.4 Å². The zero-order chi connectivity index (χ0) is 19.2. The minimum atomic E-state index is -0.245. The lowest BCUT2D eigenvalue weighted by Gasteiger charge is -2.33. The number of ether oxygens (including phenoxy) is 2. The van der Waals surface area contributed by atoms with Crippen molar-refractivity contribution in [2.75, 3.05) is 32.2 Å². The lowest BCUT2D eigenvalue weighted by molar-refractivity contribution is -0.125. The molecule has 27 heavy (non-hydrogen) atoms. The van der Waals surface area contributed by atoms with E-state index in [9.17, 15) is 9.59 Å². The number of nitrogens with one attached hydrogen (secondary N) is 2. The first-order chi connectivity index (χ1) is 13.1. The highest BCUT2D eigenvalue weighted by Gasteiger charge is 2.26. The number of piperidine rings is 1. The lowest BCUT2D eigenvalue weighted by atomic mass is 9.96. The Morgan fingerprint density at radius 1 is 1.33 bits per heavy atom. The van der Waals surface area contributed by atoms with Gasteiger partial charge in [0.1, 0.15) is 11.5 Å². The number of hydrogen-bond donors (Lipinski definition) is 2. The molecule has 144 valence electrons. The van der Waals surface area contributed by atoms with Gasteiger partial charge in [0.05, 0.1) is 32.0 Å². The monoisotopic (exact) mass is 372 g/mol. The Hall–Kier alpha value is -3.03. The maximum atomic E-state index is 12.7. The van der Waals surface area contributed by atoms with Crippen LogP contribution in [0.15, 0.2) is 35.3 Å². The van der Waals surface area contributed by atoms with Crippen LogP contribution >= 0.6 is 0 Å². The number of amides is 1. The summed E-state index contributed by atoms with van der Waals surface area (Å²) in [4.78, 5) is 26.2. The van der Waals surface area contributed by atoms with E-state index >= 15 is 0 Å². The zero-order valence-electron chi connectivity index (χ0n) is 15.5. The highest BCUT2D eigenvalue weighted by molar-refractivity contribution is 5.79. The molecule has 8 heteroatoms. The van der Waals surface area contributed by atoms with Crippen LogP contribution in [0.5, 0.6) is 11.5 Å². The molecule has 1 aromatic heterocycles. The highest BCUT2D eigenvalue weighted by atomic mass is 16.5. The van der Waals surface area contributed by atoms with Crippen molar-refractivity contribution >= 4 is 11.6 Å². The van der Waals surface area contributed by atoms with Crippen molar-refractivity contribution in [3.63, 3.8) is 0 Å². The van der Waals surface area contributed by atoms with Gasteiger partial charge >= 0.3 is 0 Å². The van der Waals surface area contributed by atoms with Crippen molar-refractivity contribution < 1.29 is 14.3 Å². The van der Waals surface area contributed by atoms with Crippen LogP contribution in [0.3, 0.4) is 0 Å². The van der Waals surface area contributed by atoms with E-state index in [1.165, 1.54) is 6.07 Å². The molecule has 1 aromatic carbocycles. The number of aromatic amines is 1. The second-order valence-corrected chi connectivity index (χ2v) is 6.48. The summed E-state index contributed by atoms with van der Waals surface area (Å²) in [5.41, 5.74) is 1.39. The molecule has 8 nitrogen and oxygen atoms in total. The van der Waals surface area contributed by atoms with E-state index in [1.807, 2.05) is 17.0 Å². The number of aromatic nitrogens is 2. The molecule has 0 aliphatic carbocycles. The standard InChI is InChI=1S/C19H24N4O4/c1-26-16-6-5-13(17(9-16)27-2)10-20-19(25)14-4-3-7-23(12-14)15-8-18(24)22-21-11-15/h5-6,8-9,11,14H,3-4,7,10,12H2,1-2H3,(H,20,25)(H,22,24)/t14-/m0/s1. The number of rotatable bonds is 6. The molecule has 0 saturated carbocycles. The van der Waals surface area contributed by atoms with Crippen LogP contribution in [0.2, 0.25) is 0 Å². The van der Waals surface area contributed by atoms with Gasteiger partial charge in [-0.1, -0.05) is 0 Å². The Morgan fingerprint density at radius 2 is 2.19 bits per heavy atom. The van der Waals surface area contributed by atoms with E-state index in [0.717, 1.165) is 30.6 Å². The van der Waals surface area contributed by atoms with Gasteiger partial charge in [-0.3, -0.25) is 9.59 Å². The Kier molecular flexibility index (Phi) is 5.95.